The molecule has 0 aliphatic carbocycles. The van der Waals surface area contributed by atoms with E-state index >= 15 is 0 Å². The molecule has 112 valence electrons. The maximum absolute atomic E-state index is 4.38. The third-order valence-electron chi connectivity index (χ3n) is 4.15. The number of pyridine rings is 1. The van der Waals surface area contributed by atoms with Crippen molar-refractivity contribution in [2.24, 2.45) is 0 Å². The minimum atomic E-state index is 0.894. The van der Waals surface area contributed by atoms with Crippen molar-refractivity contribution in [3.05, 3.63) is 48.2 Å². The summed E-state index contributed by atoms with van der Waals surface area (Å²) in [7, 11) is 0. The Bertz CT molecular complexity index is 802. The average molecular weight is 293 g/mol. The minimum absolute atomic E-state index is 0.894. The van der Waals surface area contributed by atoms with Crippen LogP contribution in [0.2, 0.25) is 0 Å². The van der Waals surface area contributed by atoms with Crippen molar-refractivity contribution in [1.29, 1.82) is 0 Å². The number of anilines is 1. The second-order valence-corrected chi connectivity index (χ2v) is 5.74. The van der Waals surface area contributed by atoms with Crippen molar-refractivity contribution in [2.45, 2.75) is 6.92 Å². The number of hydrogen-bond donors (Lipinski definition) is 1. The maximum atomic E-state index is 4.38. The number of piperazine rings is 1. The second-order valence-electron chi connectivity index (χ2n) is 5.74. The Morgan fingerprint density at radius 2 is 1.91 bits per heavy atom. The fourth-order valence-electron chi connectivity index (χ4n) is 2.98. The second kappa shape index (κ2) is 5.42. The Morgan fingerprint density at radius 1 is 1.05 bits per heavy atom. The first-order valence-corrected chi connectivity index (χ1v) is 7.69. The van der Waals surface area contributed by atoms with Crippen LogP contribution in [0.15, 0.2) is 42.6 Å². The molecule has 3 heterocycles. The first-order valence-electron chi connectivity index (χ1n) is 7.69. The quantitative estimate of drug-likeness (QED) is 0.786. The fraction of sp³-hybridized carbons (Fsp3) is 0.294. The summed E-state index contributed by atoms with van der Waals surface area (Å²) in [6, 6.07) is 12.6. The van der Waals surface area contributed by atoms with Crippen molar-refractivity contribution < 1.29 is 0 Å². The summed E-state index contributed by atoms with van der Waals surface area (Å²) in [4.78, 5) is 2.39. The van der Waals surface area contributed by atoms with Crippen LogP contribution in [-0.4, -0.2) is 40.8 Å². The summed E-state index contributed by atoms with van der Waals surface area (Å²) in [5, 5.41) is 12.1. The summed E-state index contributed by atoms with van der Waals surface area (Å²) in [6.07, 6.45) is 2.07. The molecule has 22 heavy (non-hydrogen) atoms. The Kier molecular flexibility index (Phi) is 3.27. The molecule has 0 saturated carbocycles. The first-order chi connectivity index (χ1) is 10.8. The lowest BCUT2D eigenvalue weighted by Gasteiger charge is -2.29. The molecule has 1 fully saturated rings. The first kappa shape index (κ1) is 13.3. The van der Waals surface area contributed by atoms with Gasteiger partial charge < -0.3 is 10.2 Å². The van der Waals surface area contributed by atoms with Gasteiger partial charge in [-0.2, -0.15) is 0 Å². The van der Waals surface area contributed by atoms with Crippen LogP contribution in [0.3, 0.4) is 0 Å². The van der Waals surface area contributed by atoms with Crippen molar-refractivity contribution in [2.75, 3.05) is 31.1 Å². The highest BCUT2D eigenvalue weighted by Gasteiger charge is 2.13. The number of aryl methyl sites for hydroxylation is 1. The van der Waals surface area contributed by atoms with E-state index in [9.17, 15) is 0 Å². The average Bonchev–Trinajstić information content (AvgIpc) is 2.99. The highest BCUT2D eigenvalue weighted by atomic mass is 15.3. The fourth-order valence-corrected chi connectivity index (χ4v) is 2.98. The van der Waals surface area contributed by atoms with Crippen molar-refractivity contribution in [3.8, 4) is 11.4 Å². The molecule has 0 atom stereocenters. The van der Waals surface area contributed by atoms with Gasteiger partial charge in [0.1, 0.15) is 0 Å². The highest BCUT2D eigenvalue weighted by molar-refractivity contribution is 5.63. The smallest absolute Gasteiger partial charge is 0.168 e. The van der Waals surface area contributed by atoms with Crippen LogP contribution in [0.4, 0.5) is 5.69 Å². The lowest BCUT2D eigenvalue weighted by Crippen LogP contribution is -2.43. The van der Waals surface area contributed by atoms with Crippen LogP contribution >= 0.6 is 0 Å². The predicted octanol–water partition coefficient (Wildman–Crippen LogP) is 2.11. The zero-order chi connectivity index (χ0) is 14.9. The van der Waals surface area contributed by atoms with E-state index in [0.717, 1.165) is 43.2 Å². The van der Waals surface area contributed by atoms with E-state index in [1.807, 2.05) is 0 Å². The highest BCUT2D eigenvalue weighted by Crippen LogP contribution is 2.22. The third-order valence-corrected chi connectivity index (χ3v) is 4.15. The van der Waals surface area contributed by atoms with Gasteiger partial charge in [-0.05, 0) is 19.1 Å². The van der Waals surface area contributed by atoms with E-state index in [4.69, 9.17) is 0 Å². The van der Waals surface area contributed by atoms with Crippen LogP contribution < -0.4 is 10.2 Å². The van der Waals surface area contributed by atoms with Gasteiger partial charge in [0.05, 0.1) is 0 Å². The maximum Gasteiger partial charge on any atom is 0.168 e. The molecule has 1 aliphatic rings. The molecule has 0 radical (unpaired) electrons. The third kappa shape index (κ3) is 2.33. The number of aromatic nitrogens is 3. The molecule has 0 unspecified atom stereocenters. The molecule has 3 aromatic rings. The van der Waals surface area contributed by atoms with Gasteiger partial charge >= 0.3 is 0 Å². The van der Waals surface area contributed by atoms with Crippen LogP contribution in [-0.2, 0) is 0 Å². The predicted molar refractivity (Wildman–Crippen MR) is 88.2 cm³/mol. The minimum Gasteiger partial charge on any atom is -0.369 e. The van der Waals surface area contributed by atoms with Crippen LogP contribution in [0, 0.1) is 6.92 Å². The van der Waals surface area contributed by atoms with E-state index < -0.39 is 0 Å². The van der Waals surface area contributed by atoms with Gasteiger partial charge in [0, 0.05) is 49.7 Å². The number of rotatable bonds is 2. The molecule has 5 heteroatoms. The molecule has 0 amide bonds. The van der Waals surface area contributed by atoms with E-state index in [2.05, 4.69) is 74.3 Å². The Labute approximate surface area is 129 Å². The summed E-state index contributed by atoms with van der Waals surface area (Å²) in [6.45, 7) is 6.23. The van der Waals surface area contributed by atoms with Crippen molar-refractivity contribution in [3.63, 3.8) is 0 Å². The summed E-state index contributed by atoms with van der Waals surface area (Å²) >= 11 is 0. The van der Waals surface area contributed by atoms with Crippen LogP contribution in [0.5, 0.6) is 0 Å². The molecule has 1 saturated heterocycles. The van der Waals surface area contributed by atoms with E-state index in [1.165, 1.54) is 11.3 Å². The van der Waals surface area contributed by atoms with Gasteiger partial charge in [0.2, 0.25) is 0 Å². The Balaban J connectivity index is 1.74. The summed E-state index contributed by atoms with van der Waals surface area (Å²) < 4.78 is 2.06. The normalized spacial score (nSPS) is 15.4. The standard InChI is InChI=1S/C17H19N5/c1-13-3-2-4-14(11-13)17-20-19-16-12-15(5-8-22(16)17)21-9-6-18-7-10-21/h2-5,8,11-12,18H,6-7,9-10H2,1H3. The Morgan fingerprint density at radius 3 is 2.73 bits per heavy atom. The van der Waals surface area contributed by atoms with Crippen molar-refractivity contribution >= 4 is 11.3 Å². The molecule has 1 aliphatic heterocycles. The number of fused-ring (bicyclic) bond motifs is 1. The largest absolute Gasteiger partial charge is 0.369 e. The summed E-state index contributed by atoms with van der Waals surface area (Å²) in [5.74, 6) is 0.894. The SMILES string of the molecule is Cc1cccc(-c2nnc3cc(N4CCNCC4)ccn23)c1. The Hall–Kier alpha value is -2.40. The molecule has 1 N–H and O–H groups in total. The summed E-state index contributed by atoms with van der Waals surface area (Å²) in [5.41, 5.74) is 4.44. The molecular formula is C17H19N5. The molecule has 2 aromatic heterocycles. The van der Waals surface area contributed by atoms with E-state index in [0.29, 0.717) is 0 Å². The number of nitrogens with one attached hydrogen (secondary N) is 1. The lowest BCUT2D eigenvalue weighted by molar-refractivity contribution is 0.589. The number of benzene rings is 1. The zero-order valence-electron chi connectivity index (χ0n) is 12.7. The van der Waals surface area contributed by atoms with Gasteiger partial charge in [-0.3, -0.25) is 4.40 Å². The van der Waals surface area contributed by atoms with Crippen molar-refractivity contribution in [1.82, 2.24) is 19.9 Å². The zero-order valence-corrected chi connectivity index (χ0v) is 12.7. The van der Waals surface area contributed by atoms with Gasteiger partial charge in [-0.1, -0.05) is 23.8 Å². The van der Waals surface area contributed by atoms with Crippen LogP contribution in [0.1, 0.15) is 5.56 Å². The number of nitrogens with zero attached hydrogens (tertiary/aromatic N) is 4. The lowest BCUT2D eigenvalue weighted by atomic mass is 10.1. The molecule has 0 bridgehead atoms. The molecule has 0 spiro atoms. The van der Waals surface area contributed by atoms with E-state index in [-0.39, 0.29) is 0 Å². The molecule has 5 nitrogen and oxygen atoms in total. The van der Waals surface area contributed by atoms with Gasteiger partial charge in [0.15, 0.2) is 11.5 Å². The van der Waals surface area contributed by atoms with E-state index in [1.54, 1.807) is 0 Å². The molecule has 1 aromatic carbocycles. The monoisotopic (exact) mass is 293 g/mol. The molecular weight excluding hydrogens is 274 g/mol. The van der Waals surface area contributed by atoms with Gasteiger partial charge in [0.25, 0.3) is 0 Å². The van der Waals surface area contributed by atoms with Gasteiger partial charge in [-0.15, -0.1) is 10.2 Å². The van der Waals surface area contributed by atoms with Gasteiger partial charge in [-0.25, -0.2) is 0 Å². The van der Waals surface area contributed by atoms with Crippen LogP contribution in [0.25, 0.3) is 17.0 Å². The number of hydrogen-bond acceptors (Lipinski definition) is 4. The topological polar surface area (TPSA) is 45.5 Å². The molecule has 4 rings (SSSR count).